The van der Waals surface area contributed by atoms with Gasteiger partial charge in [0, 0.05) is 22.6 Å². The molecule has 86 valence electrons. The van der Waals surface area contributed by atoms with E-state index in [1.807, 2.05) is 0 Å². The molecule has 0 unspecified atom stereocenters. The Balaban J connectivity index is 3.06. The van der Waals surface area contributed by atoms with Crippen molar-refractivity contribution in [3.05, 3.63) is 0 Å². The number of rotatable bonds is 5. The first-order valence-corrected chi connectivity index (χ1v) is 4.86. The minimum absolute atomic E-state index is 0.233. The highest BCUT2D eigenvalue weighted by Crippen LogP contribution is 2.24. The molecule has 1 heterocycles. The largest absolute Gasteiger partial charge is 0.368 e. The lowest BCUT2D eigenvalue weighted by molar-refractivity contribution is -0.136. The molecule has 2 atom stereocenters. The third kappa shape index (κ3) is 2.70. The lowest BCUT2D eigenvalue weighted by Gasteiger charge is -2.24. The van der Waals surface area contributed by atoms with Crippen LogP contribution in [-0.4, -0.2) is 29.3 Å². The second kappa shape index (κ2) is 5.14. The van der Waals surface area contributed by atoms with Crippen LogP contribution in [0.1, 0.15) is 49.0 Å². The van der Waals surface area contributed by atoms with E-state index in [1.165, 1.54) is 0 Å². The van der Waals surface area contributed by atoms with Gasteiger partial charge in [0.05, 0.1) is 0 Å². The Morgan fingerprint density at radius 2 is 2.60 bits per heavy atom. The molecule has 0 aromatic carbocycles. The lowest BCUT2D eigenvalue weighted by Crippen LogP contribution is -2.45. The summed E-state index contributed by atoms with van der Waals surface area (Å²) < 4.78 is 52.6. The molecule has 0 aromatic heterocycles. The monoisotopic (exact) mass is 219 g/mol. The van der Waals surface area contributed by atoms with Crippen LogP contribution in [0, 0.1) is 5.92 Å². The van der Waals surface area contributed by atoms with Crippen molar-refractivity contribution in [1.82, 2.24) is 4.90 Å². The molecule has 1 rings (SSSR count). The quantitative estimate of drug-likeness (QED) is 0.746. The van der Waals surface area contributed by atoms with E-state index in [9.17, 15) is 9.59 Å². The van der Waals surface area contributed by atoms with E-state index in [2.05, 4.69) is 0 Å². The molecule has 1 fully saturated rings. The van der Waals surface area contributed by atoms with Crippen molar-refractivity contribution in [2.45, 2.75) is 45.4 Å². The molecule has 0 saturated carbocycles. The first kappa shape index (κ1) is 5.32. The third-order valence-electron chi connectivity index (χ3n) is 2.53. The second-order valence-electron chi connectivity index (χ2n) is 3.54. The van der Waals surface area contributed by atoms with E-state index in [0.717, 1.165) is 4.90 Å². The molecule has 2 N–H and O–H groups in total. The van der Waals surface area contributed by atoms with Gasteiger partial charge in [0.1, 0.15) is 6.04 Å². The number of nitrogens with zero attached hydrogens (tertiary/aromatic N) is 1. The number of hydrogen-bond acceptors (Lipinski definition) is 2. The minimum Gasteiger partial charge on any atom is -0.368 e. The van der Waals surface area contributed by atoms with E-state index < -0.39 is 43.4 Å². The van der Waals surface area contributed by atoms with Gasteiger partial charge in [-0.3, -0.25) is 9.59 Å². The lowest BCUT2D eigenvalue weighted by atomic mass is 10.0. The molecule has 4 nitrogen and oxygen atoms in total. The Hall–Kier alpha value is -1.06. The van der Waals surface area contributed by atoms with E-state index in [-0.39, 0.29) is 19.4 Å². The van der Waals surface area contributed by atoms with Gasteiger partial charge in [0.2, 0.25) is 11.8 Å². The number of hydrogen-bond donors (Lipinski definition) is 1. The zero-order valence-corrected chi connectivity index (χ0v) is 8.62. The van der Waals surface area contributed by atoms with Gasteiger partial charge in [-0.2, -0.15) is 0 Å². The van der Waals surface area contributed by atoms with E-state index in [1.54, 1.807) is 6.92 Å². The van der Waals surface area contributed by atoms with E-state index in [0.29, 0.717) is 0 Å². The van der Waals surface area contributed by atoms with Crippen LogP contribution in [0.15, 0.2) is 0 Å². The van der Waals surface area contributed by atoms with Gasteiger partial charge in [-0.25, -0.2) is 0 Å². The van der Waals surface area contributed by atoms with Crippen molar-refractivity contribution in [2.24, 2.45) is 11.7 Å². The fraction of sp³-hybridized carbons (Fsp3) is 0.818. The Morgan fingerprint density at radius 3 is 3.13 bits per heavy atom. The van der Waals surface area contributed by atoms with Crippen LogP contribution in [0.3, 0.4) is 0 Å². The van der Waals surface area contributed by atoms with Crippen LogP contribution >= 0.6 is 0 Å². The minimum atomic E-state index is -3.17. The highest BCUT2D eigenvalue weighted by molar-refractivity contribution is 5.87. The number of primary amides is 1. The summed E-state index contributed by atoms with van der Waals surface area (Å²) in [6.07, 6.45) is -5.97. The molecular weight excluding hydrogens is 192 g/mol. The van der Waals surface area contributed by atoms with Crippen molar-refractivity contribution in [2.75, 3.05) is 6.54 Å². The molecule has 15 heavy (non-hydrogen) atoms. The van der Waals surface area contributed by atoms with Crippen molar-refractivity contribution in [3.63, 3.8) is 0 Å². The van der Waals surface area contributed by atoms with Crippen LogP contribution in [0.2, 0.25) is 0 Å². The predicted octanol–water partition coefficient (Wildman–Crippen LogP) is 0.899. The predicted molar refractivity (Wildman–Crippen MR) is 58.0 cm³/mol. The molecule has 0 spiro atoms. The average Bonchev–Trinajstić information content (AvgIpc) is 2.71. The molecule has 2 amide bonds. The molecule has 0 bridgehead atoms. The van der Waals surface area contributed by atoms with Crippen molar-refractivity contribution < 1.29 is 19.2 Å². The highest BCUT2D eigenvalue weighted by Gasteiger charge is 2.35. The summed E-state index contributed by atoms with van der Waals surface area (Å²) in [5.74, 6) is -2.42. The zero-order valence-electron chi connectivity index (χ0n) is 15.6. The van der Waals surface area contributed by atoms with Gasteiger partial charge >= 0.3 is 0 Å². The number of likely N-dealkylation sites (tertiary alicyclic amines) is 1. The van der Waals surface area contributed by atoms with Crippen molar-refractivity contribution >= 4 is 11.8 Å². The molecule has 0 aromatic rings. The molecule has 0 aliphatic carbocycles. The summed E-state index contributed by atoms with van der Waals surface area (Å²) in [5.41, 5.74) is 5.21. The number of nitrogens with two attached hydrogens (primary N) is 1. The number of amides is 2. The number of carbonyl (C=O) groups is 2. The van der Waals surface area contributed by atoms with Gasteiger partial charge in [-0.15, -0.1) is 0 Å². The fourth-order valence-electron chi connectivity index (χ4n) is 1.81. The summed E-state index contributed by atoms with van der Waals surface area (Å²) in [6, 6.07) is -0.896. The maximum absolute atomic E-state index is 12.0. The van der Waals surface area contributed by atoms with Crippen LogP contribution in [0.4, 0.5) is 0 Å². The van der Waals surface area contributed by atoms with Crippen LogP contribution in [0.5, 0.6) is 0 Å². The maximum Gasteiger partial charge on any atom is 0.240 e. The average molecular weight is 219 g/mol. The number of carbonyl (C=O) groups excluding carboxylic acids is 2. The normalized spacial score (nSPS) is 32.9. The first-order valence-electron chi connectivity index (χ1n) is 8.36. The van der Waals surface area contributed by atoms with Crippen LogP contribution in [-0.2, 0) is 9.59 Å². The smallest absolute Gasteiger partial charge is 0.240 e. The maximum atomic E-state index is 12.0. The summed E-state index contributed by atoms with van der Waals surface area (Å²) >= 11 is 0. The van der Waals surface area contributed by atoms with Gasteiger partial charge in [-0.05, 0) is 18.7 Å². The zero-order chi connectivity index (χ0) is 17.5. The fourth-order valence-corrected chi connectivity index (χ4v) is 1.81. The SMILES string of the molecule is [2H]C([2H])([2H])C([2H])([2H])C([2H])([2H])[C@H]1CC(=O)N([C@H](CC)C(N)=O)C1. The van der Waals surface area contributed by atoms with Crippen molar-refractivity contribution in [1.29, 1.82) is 0 Å². The molecule has 1 saturated heterocycles. The Morgan fingerprint density at radius 1 is 1.87 bits per heavy atom. The standard InChI is InChI=1S/C11H20N2O2/c1-3-5-8-6-10(14)13(7-8)9(4-2)11(12)15/h8-9H,3-7H2,1-2H3,(H2,12,15)/t8-,9+/m0/s1/i1D3,3D2,5D2. The Labute approximate surface area is 101 Å². The molecule has 4 heteroatoms. The van der Waals surface area contributed by atoms with Gasteiger partial charge in [0.15, 0.2) is 0 Å². The van der Waals surface area contributed by atoms with Gasteiger partial charge in [-0.1, -0.05) is 20.1 Å². The summed E-state index contributed by atoms with van der Waals surface area (Å²) in [7, 11) is 0. The summed E-state index contributed by atoms with van der Waals surface area (Å²) in [4.78, 5) is 24.5. The molecule has 0 radical (unpaired) electrons. The van der Waals surface area contributed by atoms with Gasteiger partial charge in [0.25, 0.3) is 0 Å². The second-order valence-corrected chi connectivity index (χ2v) is 3.54. The highest BCUT2D eigenvalue weighted by atomic mass is 16.2. The van der Waals surface area contributed by atoms with Crippen LogP contribution < -0.4 is 5.73 Å². The molecule has 1 aliphatic rings. The Kier molecular flexibility index (Phi) is 1.83. The summed E-state index contributed by atoms with van der Waals surface area (Å²) in [5, 5.41) is 0. The first-order chi connectivity index (χ1) is 9.77. The third-order valence-corrected chi connectivity index (χ3v) is 2.53. The van der Waals surface area contributed by atoms with Crippen molar-refractivity contribution in [3.8, 4) is 0 Å². The van der Waals surface area contributed by atoms with E-state index in [4.69, 9.17) is 15.3 Å². The van der Waals surface area contributed by atoms with Crippen LogP contribution in [0.25, 0.3) is 0 Å². The Bertz CT molecular complexity index is 464. The molecule has 1 aliphatic heterocycles. The molecular formula is C11H20N2O2. The topological polar surface area (TPSA) is 63.4 Å². The van der Waals surface area contributed by atoms with E-state index >= 15 is 0 Å². The van der Waals surface area contributed by atoms with Gasteiger partial charge < -0.3 is 10.6 Å². The summed E-state index contributed by atoms with van der Waals surface area (Å²) in [6.45, 7) is -1.75.